The zero-order valence-corrected chi connectivity index (χ0v) is 11.7. The Morgan fingerprint density at radius 2 is 1.75 bits per heavy atom. The normalized spacial score (nSPS) is 11.8. The fourth-order valence-corrected chi connectivity index (χ4v) is 2.37. The van der Waals surface area contributed by atoms with Gasteiger partial charge in [-0.3, -0.25) is 0 Å². The quantitative estimate of drug-likeness (QED) is 0.757. The van der Waals surface area contributed by atoms with E-state index in [-0.39, 0.29) is 5.41 Å². The number of rotatable bonds is 6. The van der Waals surface area contributed by atoms with E-state index in [0.29, 0.717) is 0 Å². The molecule has 90 valence electrons. The molecule has 16 heavy (non-hydrogen) atoms. The molecular formula is C14H23NS. The highest BCUT2D eigenvalue weighted by atomic mass is 32.2. The van der Waals surface area contributed by atoms with E-state index in [4.69, 9.17) is 0 Å². The lowest BCUT2D eigenvalue weighted by molar-refractivity contribution is 0.477. The number of hydrogen-bond donors (Lipinski definition) is 1. The summed E-state index contributed by atoms with van der Waals surface area (Å²) in [5, 5.41) is 3.42. The van der Waals surface area contributed by atoms with Crippen LogP contribution in [0.25, 0.3) is 0 Å². The first kappa shape index (κ1) is 13.6. The second-order valence-corrected chi connectivity index (χ2v) is 5.96. The lowest BCUT2D eigenvalue weighted by atomic mass is 9.84. The molecule has 0 fully saturated rings. The molecule has 0 heterocycles. The van der Waals surface area contributed by atoms with Gasteiger partial charge in [-0.1, -0.05) is 39.8 Å². The van der Waals surface area contributed by atoms with Gasteiger partial charge >= 0.3 is 0 Å². The Hall–Kier alpha value is -0.470. The van der Waals surface area contributed by atoms with Gasteiger partial charge in [-0.05, 0) is 30.0 Å². The van der Waals surface area contributed by atoms with Gasteiger partial charge in [0.05, 0.1) is 0 Å². The third kappa shape index (κ3) is 3.84. The summed E-state index contributed by atoms with van der Waals surface area (Å²) in [7, 11) is 0. The van der Waals surface area contributed by atoms with Crippen LogP contribution in [0.4, 0.5) is 0 Å². The van der Waals surface area contributed by atoms with E-state index >= 15 is 0 Å². The minimum absolute atomic E-state index is 0.214. The minimum atomic E-state index is 0.214. The minimum Gasteiger partial charge on any atom is -0.316 e. The zero-order valence-electron chi connectivity index (χ0n) is 10.8. The van der Waals surface area contributed by atoms with Crippen molar-refractivity contribution in [3.8, 4) is 0 Å². The molecule has 0 spiro atoms. The maximum atomic E-state index is 3.42. The molecule has 0 radical (unpaired) electrons. The van der Waals surface area contributed by atoms with Crippen LogP contribution < -0.4 is 5.32 Å². The summed E-state index contributed by atoms with van der Waals surface area (Å²) in [6, 6.07) is 8.99. The van der Waals surface area contributed by atoms with Crippen molar-refractivity contribution in [1.29, 1.82) is 0 Å². The summed E-state index contributed by atoms with van der Waals surface area (Å²) < 4.78 is 0. The summed E-state index contributed by atoms with van der Waals surface area (Å²) in [6.45, 7) is 11.0. The highest BCUT2D eigenvalue weighted by Crippen LogP contribution is 2.25. The molecule has 1 N–H and O–H groups in total. The van der Waals surface area contributed by atoms with Crippen LogP contribution in [0, 0.1) is 0 Å². The molecule has 2 heteroatoms. The Morgan fingerprint density at radius 1 is 1.12 bits per heavy atom. The molecule has 1 nitrogen and oxygen atoms in total. The number of likely N-dealkylation sites (N-methyl/N-ethyl adjacent to an activating group) is 1. The van der Waals surface area contributed by atoms with Crippen molar-refractivity contribution in [2.75, 3.05) is 18.8 Å². The summed E-state index contributed by atoms with van der Waals surface area (Å²) in [5.74, 6) is 1.14. The predicted molar refractivity (Wildman–Crippen MR) is 74.4 cm³/mol. The molecule has 1 aromatic carbocycles. The van der Waals surface area contributed by atoms with Gasteiger partial charge in [-0.15, -0.1) is 11.8 Å². The maximum absolute atomic E-state index is 3.42. The van der Waals surface area contributed by atoms with Crippen molar-refractivity contribution in [3.63, 3.8) is 0 Å². The number of nitrogens with one attached hydrogen (secondary N) is 1. The van der Waals surface area contributed by atoms with Crippen molar-refractivity contribution in [2.45, 2.75) is 38.0 Å². The second-order valence-electron chi connectivity index (χ2n) is 4.62. The van der Waals surface area contributed by atoms with E-state index < -0.39 is 0 Å². The molecule has 0 aliphatic heterocycles. The van der Waals surface area contributed by atoms with Gasteiger partial charge in [0.25, 0.3) is 0 Å². The average Bonchev–Trinajstić information content (AvgIpc) is 2.28. The molecule has 0 saturated heterocycles. The fraction of sp³-hybridized carbons (Fsp3) is 0.571. The average molecular weight is 237 g/mol. The van der Waals surface area contributed by atoms with Crippen LogP contribution in [-0.4, -0.2) is 18.8 Å². The van der Waals surface area contributed by atoms with Crippen LogP contribution in [-0.2, 0) is 5.41 Å². The molecule has 0 aromatic heterocycles. The largest absolute Gasteiger partial charge is 0.316 e. The van der Waals surface area contributed by atoms with E-state index in [9.17, 15) is 0 Å². The van der Waals surface area contributed by atoms with E-state index in [1.807, 2.05) is 11.8 Å². The Morgan fingerprint density at radius 3 is 2.25 bits per heavy atom. The van der Waals surface area contributed by atoms with Gasteiger partial charge in [0.2, 0.25) is 0 Å². The van der Waals surface area contributed by atoms with E-state index in [1.54, 1.807) is 0 Å². The van der Waals surface area contributed by atoms with Crippen LogP contribution in [0.15, 0.2) is 29.2 Å². The Kier molecular flexibility index (Phi) is 5.36. The summed E-state index contributed by atoms with van der Waals surface area (Å²) in [6.07, 6.45) is 0. The molecule has 0 bridgehead atoms. The second kappa shape index (κ2) is 6.31. The van der Waals surface area contributed by atoms with E-state index in [0.717, 1.165) is 18.8 Å². The molecule has 0 unspecified atom stereocenters. The summed E-state index contributed by atoms with van der Waals surface area (Å²) >= 11 is 1.90. The number of benzene rings is 1. The standard InChI is InChI=1S/C14H23NS/c1-5-15-11-14(3,4)12-7-9-13(10-8-12)16-6-2/h7-10,15H,5-6,11H2,1-4H3. The van der Waals surface area contributed by atoms with Crippen LogP contribution >= 0.6 is 11.8 Å². The molecule has 0 atom stereocenters. The van der Waals surface area contributed by atoms with Crippen molar-refractivity contribution >= 4 is 11.8 Å². The first-order valence-electron chi connectivity index (χ1n) is 6.04. The first-order chi connectivity index (χ1) is 7.60. The lowest BCUT2D eigenvalue weighted by Gasteiger charge is -2.25. The topological polar surface area (TPSA) is 12.0 Å². The predicted octanol–water partition coefficient (Wildman–Crippen LogP) is 3.69. The van der Waals surface area contributed by atoms with E-state index in [1.165, 1.54) is 10.5 Å². The Labute approximate surface area is 104 Å². The maximum Gasteiger partial charge on any atom is 0.00720 e. The van der Waals surface area contributed by atoms with Gasteiger partial charge in [0, 0.05) is 16.9 Å². The highest BCUT2D eigenvalue weighted by Gasteiger charge is 2.19. The van der Waals surface area contributed by atoms with Crippen molar-refractivity contribution < 1.29 is 0 Å². The van der Waals surface area contributed by atoms with E-state index in [2.05, 4.69) is 57.3 Å². The first-order valence-corrected chi connectivity index (χ1v) is 7.02. The van der Waals surface area contributed by atoms with Gasteiger partial charge in [0.15, 0.2) is 0 Å². The Bertz CT molecular complexity index is 303. The van der Waals surface area contributed by atoms with Gasteiger partial charge < -0.3 is 5.32 Å². The third-order valence-corrected chi connectivity index (χ3v) is 3.66. The van der Waals surface area contributed by atoms with Gasteiger partial charge in [-0.25, -0.2) is 0 Å². The molecular weight excluding hydrogens is 214 g/mol. The van der Waals surface area contributed by atoms with Crippen LogP contribution in [0.2, 0.25) is 0 Å². The van der Waals surface area contributed by atoms with Crippen LogP contribution in [0.1, 0.15) is 33.3 Å². The summed E-state index contributed by atoms with van der Waals surface area (Å²) in [4.78, 5) is 1.37. The van der Waals surface area contributed by atoms with Gasteiger partial charge in [-0.2, -0.15) is 0 Å². The smallest absolute Gasteiger partial charge is 0.00720 e. The molecule has 0 saturated carbocycles. The summed E-state index contributed by atoms with van der Waals surface area (Å²) in [5.41, 5.74) is 1.62. The number of hydrogen-bond acceptors (Lipinski definition) is 2. The monoisotopic (exact) mass is 237 g/mol. The zero-order chi connectivity index (χ0) is 12.0. The molecule has 0 aliphatic rings. The third-order valence-electron chi connectivity index (χ3n) is 2.76. The van der Waals surface area contributed by atoms with Gasteiger partial charge in [0.1, 0.15) is 0 Å². The molecule has 0 aliphatic carbocycles. The Balaban J connectivity index is 2.71. The number of thioether (sulfide) groups is 1. The van der Waals surface area contributed by atoms with Crippen LogP contribution in [0.5, 0.6) is 0 Å². The fourth-order valence-electron chi connectivity index (χ4n) is 1.71. The van der Waals surface area contributed by atoms with Crippen molar-refractivity contribution in [2.24, 2.45) is 0 Å². The van der Waals surface area contributed by atoms with Crippen molar-refractivity contribution in [3.05, 3.63) is 29.8 Å². The molecule has 1 rings (SSSR count). The highest BCUT2D eigenvalue weighted by molar-refractivity contribution is 7.99. The van der Waals surface area contributed by atoms with Crippen molar-refractivity contribution in [1.82, 2.24) is 5.32 Å². The SMILES string of the molecule is CCNCC(C)(C)c1ccc(SCC)cc1. The lowest BCUT2D eigenvalue weighted by Crippen LogP contribution is -2.32. The van der Waals surface area contributed by atoms with Crippen LogP contribution in [0.3, 0.4) is 0 Å². The molecule has 0 amide bonds. The molecule has 1 aromatic rings.